The minimum Gasteiger partial charge on any atom is -0.354 e. The number of methoxy groups -OCH3 is 2. The van der Waals surface area contributed by atoms with Crippen LogP contribution in [0.2, 0.25) is 0 Å². The summed E-state index contributed by atoms with van der Waals surface area (Å²) in [6.07, 6.45) is -0.923. The summed E-state index contributed by atoms with van der Waals surface area (Å²) in [5.41, 5.74) is -0.506. The van der Waals surface area contributed by atoms with Gasteiger partial charge in [0.25, 0.3) is 21.6 Å². The maximum Gasteiger partial charge on any atom is 0.270 e. The van der Waals surface area contributed by atoms with Crippen LogP contribution in [-0.2, 0) is 19.5 Å². The van der Waals surface area contributed by atoms with Gasteiger partial charge >= 0.3 is 0 Å². The molecule has 0 aromatic heterocycles. The van der Waals surface area contributed by atoms with E-state index >= 15 is 0 Å². The molecule has 0 unspecified atom stereocenters. The van der Waals surface area contributed by atoms with Gasteiger partial charge in [0.05, 0.1) is 17.0 Å². The summed E-state index contributed by atoms with van der Waals surface area (Å²) in [4.78, 5) is 21.7. The first-order chi connectivity index (χ1) is 9.82. The molecule has 1 amide bonds. The van der Waals surface area contributed by atoms with Crippen molar-refractivity contribution < 1.29 is 27.6 Å². The summed E-state index contributed by atoms with van der Waals surface area (Å²) in [6.45, 7) is -0.337. The molecule has 1 aliphatic rings. The number of carbonyl (C=O) groups is 1. The second kappa shape index (κ2) is 5.39. The fourth-order valence-corrected chi connectivity index (χ4v) is 3.51. The summed E-state index contributed by atoms with van der Waals surface area (Å²) in [6, 6.07) is 3.08. The first kappa shape index (κ1) is 15.4. The van der Waals surface area contributed by atoms with Crippen molar-refractivity contribution >= 4 is 21.6 Å². The van der Waals surface area contributed by atoms with Crippen LogP contribution in [0.25, 0.3) is 0 Å². The number of benzene rings is 1. The summed E-state index contributed by atoms with van der Waals surface area (Å²) in [5.74, 6) is -0.765. The highest BCUT2D eigenvalue weighted by Gasteiger charge is 2.43. The minimum absolute atomic E-state index is 0.105. The second-order valence-corrected chi connectivity index (χ2v) is 6.01. The van der Waals surface area contributed by atoms with E-state index in [1.54, 1.807) is 0 Å². The maximum atomic E-state index is 12.3. The molecule has 1 aromatic rings. The van der Waals surface area contributed by atoms with Crippen molar-refractivity contribution in [3.63, 3.8) is 0 Å². The molecule has 2 rings (SSSR count). The molecule has 21 heavy (non-hydrogen) atoms. The molecule has 0 atom stereocenters. The highest BCUT2D eigenvalue weighted by Crippen LogP contribution is 2.33. The van der Waals surface area contributed by atoms with E-state index in [2.05, 4.69) is 0 Å². The van der Waals surface area contributed by atoms with Crippen LogP contribution in [0, 0.1) is 10.1 Å². The van der Waals surface area contributed by atoms with E-state index in [0.29, 0.717) is 4.31 Å². The van der Waals surface area contributed by atoms with Crippen LogP contribution in [-0.4, -0.2) is 50.6 Å². The fourth-order valence-electron chi connectivity index (χ4n) is 1.94. The number of nitro benzene ring substituents is 1. The molecular formula is C11H12N2O7S. The monoisotopic (exact) mass is 316 g/mol. The van der Waals surface area contributed by atoms with E-state index in [9.17, 15) is 23.3 Å². The predicted molar refractivity (Wildman–Crippen MR) is 69.1 cm³/mol. The van der Waals surface area contributed by atoms with Gasteiger partial charge in [-0.1, -0.05) is 0 Å². The lowest BCUT2D eigenvalue weighted by atomic mass is 10.2. The second-order valence-electron chi connectivity index (χ2n) is 4.18. The molecule has 9 nitrogen and oxygen atoms in total. The van der Waals surface area contributed by atoms with Gasteiger partial charge in [0.1, 0.15) is 4.90 Å². The molecule has 0 spiro atoms. The van der Waals surface area contributed by atoms with Crippen LogP contribution >= 0.6 is 0 Å². The summed E-state index contributed by atoms with van der Waals surface area (Å²) in [7, 11) is -1.54. The number of nitrogens with zero attached hydrogens (tertiary/aromatic N) is 2. The zero-order chi connectivity index (χ0) is 15.8. The Morgan fingerprint density at radius 3 is 2.48 bits per heavy atom. The molecule has 1 heterocycles. The Morgan fingerprint density at radius 1 is 1.33 bits per heavy atom. The Morgan fingerprint density at radius 2 is 1.95 bits per heavy atom. The van der Waals surface area contributed by atoms with Crippen molar-refractivity contribution in [3.8, 4) is 0 Å². The predicted octanol–water partition coefficient (Wildman–Crippen LogP) is 0.358. The van der Waals surface area contributed by atoms with Crippen LogP contribution in [0.5, 0.6) is 0 Å². The molecule has 0 aliphatic carbocycles. The van der Waals surface area contributed by atoms with E-state index in [4.69, 9.17) is 9.47 Å². The van der Waals surface area contributed by atoms with Crippen LogP contribution < -0.4 is 0 Å². The topological polar surface area (TPSA) is 116 Å². The number of amides is 1. The average molecular weight is 316 g/mol. The highest BCUT2D eigenvalue weighted by molar-refractivity contribution is 7.90. The SMILES string of the molecule is COC(CN1C(=O)c2ccc([N+](=O)[O-])cc2S1(=O)=O)OC. The van der Waals surface area contributed by atoms with Gasteiger partial charge in [-0.05, 0) is 6.07 Å². The van der Waals surface area contributed by atoms with Gasteiger partial charge < -0.3 is 9.47 Å². The van der Waals surface area contributed by atoms with Crippen molar-refractivity contribution in [1.29, 1.82) is 0 Å². The van der Waals surface area contributed by atoms with Crippen molar-refractivity contribution in [3.05, 3.63) is 33.9 Å². The standard InChI is InChI=1S/C11H12N2O7S/c1-19-10(20-2)6-12-11(14)8-4-3-7(13(15)16)5-9(8)21(12,17)18/h3-5,10H,6H2,1-2H3. The molecule has 0 bridgehead atoms. The van der Waals surface area contributed by atoms with Gasteiger partial charge in [0.2, 0.25) is 0 Å². The first-order valence-electron chi connectivity index (χ1n) is 5.74. The van der Waals surface area contributed by atoms with Gasteiger partial charge in [0.15, 0.2) is 6.29 Å². The fraction of sp³-hybridized carbons (Fsp3) is 0.364. The van der Waals surface area contributed by atoms with E-state index < -0.39 is 32.8 Å². The molecule has 10 heteroatoms. The molecule has 1 aromatic carbocycles. The largest absolute Gasteiger partial charge is 0.354 e. The lowest BCUT2D eigenvalue weighted by molar-refractivity contribution is -0.385. The zero-order valence-corrected chi connectivity index (χ0v) is 12.0. The Balaban J connectivity index is 2.47. The normalized spacial score (nSPS) is 16.3. The first-order valence-corrected chi connectivity index (χ1v) is 7.18. The number of nitro groups is 1. The third-order valence-corrected chi connectivity index (χ3v) is 4.83. The summed E-state index contributed by atoms with van der Waals surface area (Å²) < 4.78 is 34.9. The zero-order valence-electron chi connectivity index (χ0n) is 11.2. The maximum absolute atomic E-state index is 12.3. The smallest absolute Gasteiger partial charge is 0.270 e. The Labute approximate surface area is 120 Å². The van der Waals surface area contributed by atoms with Gasteiger partial charge in [0, 0.05) is 26.4 Å². The number of ether oxygens (including phenoxy) is 2. The van der Waals surface area contributed by atoms with Crippen molar-refractivity contribution in [2.45, 2.75) is 11.2 Å². The number of hydrogen-bond acceptors (Lipinski definition) is 7. The van der Waals surface area contributed by atoms with Gasteiger partial charge in [-0.15, -0.1) is 0 Å². The number of sulfonamides is 1. The van der Waals surface area contributed by atoms with Crippen LogP contribution in [0.15, 0.2) is 23.1 Å². The van der Waals surface area contributed by atoms with E-state index in [0.717, 1.165) is 18.2 Å². The molecule has 0 saturated carbocycles. The van der Waals surface area contributed by atoms with E-state index in [1.807, 2.05) is 0 Å². The van der Waals surface area contributed by atoms with E-state index in [1.165, 1.54) is 14.2 Å². The third kappa shape index (κ3) is 2.48. The Bertz CT molecular complexity index is 697. The average Bonchev–Trinajstić information content (AvgIpc) is 2.64. The van der Waals surface area contributed by atoms with Crippen LogP contribution in [0.3, 0.4) is 0 Å². The minimum atomic E-state index is -4.15. The highest BCUT2D eigenvalue weighted by atomic mass is 32.2. The summed E-state index contributed by atoms with van der Waals surface area (Å²) >= 11 is 0. The molecule has 114 valence electrons. The van der Waals surface area contributed by atoms with Crippen molar-refractivity contribution in [2.75, 3.05) is 20.8 Å². The van der Waals surface area contributed by atoms with Crippen molar-refractivity contribution in [1.82, 2.24) is 4.31 Å². The van der Waals surface area contributed by atoms with Gasteiger partial charge in [-0.2, -0.15) is 0 Å². The molecule has 0 fully saturated rings. The molecule has 0 radical (unpaired) electrons. The number of non-ortho nitro benzene ring substituents is 1. The third-order valence-electron chi connectivity index (χ3n) is 3.04. The number of fused-ring (bicyclic) bond motifs is 1. The molecular weight excluding hydrogens is 304 g/mol. The number of rotatable bonds is 5. The Hall–Kier alpha value is -2.04. The molecule has 1 aliphatic heterocycles. The Kier molecular flexibility index (Phi) is 3.94. The number of hydrogen-bond donors (Lipinski definition) is 0. The lowest BCUT2D eigenvalue weighted by Crippen LogP contribution is -2.38. The summed E-state index contributed by atoms with van der Waals surface area (Å²) in [5, 5.41) is 10.7. The lowest BCUT2D eigenvalue weighted by Gasteiger charge is -2.20. The van der Waals surface area contributed by atoms with E-state index in [-0.39, 0.29) is 17.0 Å². The van der Waals surface area contributed by atoms with Gasteiger partial charge in [-0.25, -0.2) is 12.7 Å². The molecule has 0 N–H and O–H groups in total. The quantitative estimate of drug-likeness (QED) is 0.437. The van der Waals surface area contributed by atoms with Crippen LogP contribution in [0.4, 0.5) is 5.69 Å². The van der Waals surface area contributed by atoms with Crippen LogP contribution in [0.1, 0.15) is 10.4 Å². The molecule has 0 saturated heterocycles. The number of carbonyl (C=O) groups excluding carboxylic acids is 1. The van der Waals surface area contributed by atoms with Gasteiger partial charge in [-0.3, -0.25) is 14.9 Å². The van der Waals surface area contributed by atoms with Crippen molar-refractivity contribution in [2.24, 2.45) is 0 Å².